The van der Waals surface area contributed by atoms with Crippen molar-refractivity contribution in [1.82, 2.24) is 10.2 Å². The maximum absolute atomic E-state index is 6.43. The summed E-state index contributed by atoms with van der Waals surface area (Å²) in [5, 5.41) is 3.81. The van der Waals surface area contributed by atoms with Gasteiger partial charge >= 0.3 is 0 Å². The molecule has 5 rings (SSSR count). The minimum absolute atomic E-state index is 0.0138. The Morgan fingerprint density at radius 1 is 1.11 bits per heavy atom. The summed E-state index contributed by atoms with van der Waals surface area (Å²) in [6.07, 6.45) is 4.93. The Morgan fingerprint density at radius 2 is 1.89 bits per heavy atom. The van der Waals surface area contributed by atoms with E-state index in [1.54, 1.807) is 0 Å². The molecule has 0 radical (unpaired) electrons. The highest BCUT2D eigenvalue weighted by atomic mass is 16.5. The van der Waals surface area contributed by atoms with Crippen LogP contribution in [0.1, 0.15) is 25.7 Å². The van der Waals surface area contributed by atoms with E-state index < -0.39 is 0 Å². The van der Waals surface area contributed by atoms with Gasteiger partial charge in [0.25, 0.3) is 0 Å². The molecule has 0 aromatic heterocycles. The van der Waals surface area contributed by atoms with Gasteiger partial charge in [0.2, 0.25) is 0 Å². The third kappa shape index (κ3) is 1.73. The van der Waals surface area contributed by atoms with E-state index in [1.807, 2.05) is 0 Å². The Bertz CT molecular complexity index is 310. The Hall–Kier alpha value is -0.160. The fourth-order valence-corrected chi connectivity index (χ4v) is 4.23. The van der Waals surface area contributed by atoms with E-state index in [9.17, 15) is 0 Å². The summed E-state index contributed by atoms with van der Waals surface area (Å²) < 4.78 is 11.9. The first kappa shape index (κ1) is 11.6. The van der Waals surface area contributed by atoms with Crippen molar-refractivity contribution in [2.45, 2.75) is 31.4 Å². The molecule has 18 heavy (non-hydrogen) atoms. The van der Waals surface area contributed by atoms with Crippen LogP contribution in [0, 0.1) is 11.3 Å². The molecule has 2 bridgehead atoms. The van der Waals surface area contributed by atoms with Gasteiger partial charge in [0.05, 0.1) is 6.61 Å². The Balaban J connectivity index is 1.47. The molecule has 0 amide bonds. The molecule has 5 saturated heterocycles. The van der Waals surface area contributed by atoms with E-state index in [-0.39, 0.29) is 5.72 Å². The van der Waals surface area contributed by atoms with Crippen LogP contribution < -0.4 is 5.32 Å². The minimum Gasteiger partial charge on any atom is -0.381 e. The maximum atomic E-state index is 6.43. The summed E-state index contributed by atoms with van der Waals surface area (Å²) in [5.41, 5.74) is 0.343. The highest BCUT2D eigenvalue weighted by molar-refractivity contribution is 5.02. The van der Waals surface area contributed by atoms with Crippen LogP contribution in [-0.2, 0) is 9.47 Å². The van der Waals surface area contributed by atoms with E-state index in [2.05, 4.69) is 10.2 Å². The summed E-state index contributed by atoms with van der Waals surface area (Å²) in [4.78, 5) is 2.56. The van der Waals surface area contributed by atoms with Gasteiger partial charge < -0.3 is 9.47 Å². The highest BCUT2D eigenvalue weighted by Crippen LogP contribution is 2.42. The predicted octanol–water partition coefficient (Wildman–Crippen LogP) is 0.825. The maximum Gasteiger partial charge on any atom is 0.134 e. The van der Waals surface area contributed by atoms with Gasteiger partial charge in [0, 0.05) is 37.6 Å². The third-order valence-corrected chi connectivity index (χ3v) is 5.66. The van der Waals surface area contributed by atoms with E-state index in [0.29, 0.717) is 5.41 Å². The monoisotopic (exact) mass is 252 g/mol. The number of hydrogen-bond acceptors (Lipinski definition) is 4. The molecule has 5 aliphatic heterocycles. The van der Waals surface area contributed by atoms with Gasteiger partial charge in [0.15, 0.2) is 0 Å². The Kier molecular flexibility index (Phi) is 2.70. The van der Waals surface area contributed by atoms with Crippen LogP contribution in [0.5, 0.6) is 0 Å². The molecule has 102 valence electrons. The van der Waals surface area contributed by atoms with Crippen LogP contribution in [0.25, 0.3) is 0 Å². The zero-order valence-corrected chi connectivity index (χ0v) is 11.1. The molecule has 5 fully saturated rings. The van der Waals surface area contributed by atoms with Crippen molar-refractivity contribution in [3.8, 4) is 0 Å². The van der Waals surface area contributed by atoms with Crippen molar-refractivity contribution in [2.24, 2.45) is 11.3 Å². The zero-order chi connectivity index (χ0) is 12.1. The molecule has 1 N–H and O–H groups in total. The smallest absolute Gasteiger partial charge is 0.134 e. The Labute approximate surface area is 109 Å². The van der Waals surface area contributed by atoms with Crippen molar-refractivity contribution in [2.75, 3.05) is 46.0 Å². The average molecular weight is 252 g/mol. The van der Waals surface area contributed by atoms with Gasteiger partial charge in [-0.05, 0) is 38.8 Å². The van der Waals surface area contributed by atoms with Crippen LogP contribution in [-0.4, -0.2) is 56.6 Å². The molecule has 0 aromatic carbocycles. The molecular weight excluding hydrogens is 228 g/mol. The second-order valence-electron chi connectivity index (χ2n) is 6.69. The molecule has 0 saturated carbocycles. The van der Waals surface area contributed by atoms with Crippen LogP contribution >= 0.6 is 0 Å². The lowest BCUT2D eigenvalue weighted by molar-refractivity contribution is -0.225. The number of nitrogens with one attached hydrogen (secondary N) is 1. The topological polar surface area (TPSA) is 33.7 Å². The quantitative estimate of drug-likeness (QED) is 0.692. The van der Waals surface area contributed by atoms with E-state index in [1.165, 1.54) is 25.9 Å². The van der Waals surface area contributed by atoms with E-state index in [4.69, 9.17) is 9.47 Å². The van der Waals surface area contributed by atoms with E-state index in [0.717, 1.165) is 51.7 Å². The SMILES string of the molecule is C1CC2(CCO1)CNC1(CN3CCC1CC3)OC2. The largest absolute Gasteiger partial charge is 0.381 e. The lowest BCUT2D eigenvalue weighted by Crippen LogP contribution is -2.71. The average Bonchev–Trinajstić information content (AvgIpc) is 2.45. The fourth-order valence-electron chi connectivity index (χ4n) is 4.23. The van der Waals surface area contributed by atoms with Gasteiger partial charge in [-0.25, -0.2) is 0 Å². The predicted molar refractivity (Wildman–Crippen MR) is 68.3 cm³/mol. The third-order valence-electron chi connectivity index (χ3n) is 5.66. The molecule has 1 unspecified atom stereocenters. The normalized spacial score (nSPS) is 46.7. The van der Waals surface area contributed by atoms with Crippen molar-refractivity contribution >= 4 is 0 Å². The van der Waals surface area contributed by atoms with Crippen molar-refractivity contribution < 1.29 is 9.47 Å². The molecular formula is C14H24N2O2. The molecule has 0 aliphatic carbocycles. The molecule has 1 atom stereocenters. The molecule has 2 spiro atoms. The van der Waals surface area contributed by atoms with Crippen LogP contribution in [0.3, 0.4) is 0 Å². The first-order chi connectivity index (χ1) is 8.80. The highest BCUT2D eigenvalue weighted by Gasteiger charge is 2.52. The van der Waals surface area contributed by atoms with Crippen LogP contribution in [0.15, 0.2) is 0 Å². The number of nitrogens with zero attached hydrogens (tertiary/aromatic N) is 1. The van der Waals surface area contributed by atoms with Gasteiger partial charge in [-0.1, -0.05) is 0 Å². The summed E-state index contributed by atoms with van der Waals surface area (Å²) in [6, 6.07) is 0. The lowest BCUT2D eigenvalue weighted by atomic mass is 9.75. The second-order valence-corrected chi connectivity index (χ2v) is 6.69. The van der Waals surface area contributed by atoms with Crippen LogP contribution in [0.2, 0.25) is 0 Å². The van der Waals surface area contributed by atoms with Gasteiger partial charge in [0.1, 0.15) is 5.72 Å². The summed E-state index contributed by atoms with van der Waals surface area (Å²) in [6.45, 7) is 7.53. The molecule has 4 heteroatoms. The van der Waals surface area contributed by atoms with E-state index >= 15 is 0 Å². The molecule has 4 nitrogen and oxygen atoms in total. The molecule has 5 heterocycles. The van der Waals surface area contributed by atoms with Crippen LogP contribution in [0.4, 0.5) is 0 Å². The van der Waals surface area contributed by atoms with Crippen molar-refractivity contribution in [1.29, 1.82) is 0 Å². The van der Waals surface area contributed by atoms with Crippen molar-refractivity contribution in [3.63, 3.8) is 0 Å². The van der Waals surface area contributed by atoms with Gasteiger partial charge in [-0.2, -0.15) is 0 Å². The summed E-state index contributed by atoms with van der Waals surface area (Å²) in [5.74, 6) is 0.736. The van der Waals surface area contributed by atoms with Crippen molar-refractivity contribution in [3.05, 3.63) is 0 Å². The molecule has 0 aromatic rings. The number of hydrogen-bond donors (Lipinski definition) is 1. The number of piperidine rings is 3. The number of ether oxygens (including phenoxy) is 2. The summed E-state index contributed by atoms with van der Waals surface area (Å²) in [7, 11) is 0. The zero-order valence-electron chi connectivity index (χ0n) is 11.1. The van der Waals surface area contributed by atoms with Gasteiger partial charge in [-0.15, -0.1) is 0 Å². The number of fused-ring (bicyclic) bond motifs is 2. The minimum atomic E-state index is -0.0138. The number of rotatable bonds is 0. The summed E-state index contributed by atoms with van der Waals surface area (Å²) >= 11 is 0. The first-order valence-electron chi connectivity index (χ1n) is 7.50. The molecule has 5 aliphatic rings. The fraction of sp³-hybridized carbons (Fsp3) is 1.00. The first-order valence-corrected chi connectivity index (χ1v) is 7.50. The standard InChI is InChI=1S/C14H24N2O2/c1-5-16-6-2-12(1)14(10-16)15-9-13(11-18-14)3-7-17-8-4-13/h12,15H,1-11H2. The second kappa shape index (κ2) is 4.17. The van der Waals surface area contributed by atoms with Gasteiger partial charge in [-0.3, -0.25) is 10.2 Å². The lowest BCUT2D eigenvalue weighted by Gasteiger charge is -2.58. The Morgan fingerprint density at radius 3 is 2.44 bits per heavy atom.